The first-order valence-electron chi connectivity index (χ1n) is 15.9. The van der Waals surface area contributed by atoms with Crippen LogP contribution in [0.25, 0.3) is 0 Å². The summed E-state index contributed by atoms with van der Waals surface area (Å²) in [5, 5.41) is 6.42. The molecule has 2 saturated heterocycles. The summed E-state index contributed by atoms with van der Waals surface area (Å²) in [6, 6.07) is 30.2. The lowest BCUT2D eigenvalue weighted by atomic mass is 10.0. The summed E-state index contributed by atoms with van der Waals surface area (Å²) < 4.78 is 5.49. The summed E-state index contributed by atoms with van der Waals surface area (Å²) in [6.07, 6.45) is 1.47. The Kier molecular flexibility index (Phi) is 9.81. The number of nitrogens with one attached hydrogen (secondary N) is 2. The maximum absolute atomic E-state index is 12.7. The van der Waals surface area contributed by atoms with Crippen molar-refractivity contribution < 1.29 is 19.1 Å². The molecule has 242 valence electrons. The monoisotopic (exact) mass is 633 g/mol. The number of amides is 3. The predicted molar refractivity (Wildman–Crippen MR) is 182 cm³/mol. The predicted octanol–water partition coefficient (Wildman–Crippen LogP) is 4.78. The Morgan fingerprint density at radius 1 is 0.809 bits per heavy atom. The molecule has 11 nitrogen and oxygen atoms in total. The van der Waals surface area contributed by atoms with E-state index < -0.39 is 5.91 Å². The number of rotatable bonds is 9. The van der Waals surface area contributed by atoms with Crippen molar-refractivity contribution in [2.24, 2.45) is 5.73 Å². The van der Waals surface area contributed by atoms with E-state index >= 15 is 0 Å². The van der Waals surface area contributed by atoms with Crippen LogP contribution in [-0.2, 0) is 11.3 Å². The van der Waals surface area contributed by atoms with Crippen molar-refractivity contribution in [2.45, 2.75) is 25.5 Å². The molecule has 4 aromatic rings. The largest absolute Gasteiger partial charge is 0.445 e. The Bertz CT molecular complexity index is 1680. The number of nitrogens with zero attached hydrogens (tertiary/aromatic N) is 4. The van der Waals surface area contributed by atoms with Crippen molar-refractivity contribution in [1.29, 1.82) is 0 Å². The summed E-state index contributed by atoms with van der Waals surface area (Å²) in [6.45, 7) is 4.16. The number of primary amides is 1. The second kappa shape index (κ2) is 14.7. The second-order valence-electron chi connectivity index (χ2n) is 11.7. The Labute approximate surface area is 274 Å². The summed E-state index contributed by atoms with van der Waals surface area (Å²) in [5.74, 6) is 0.410. The van der Waals surface area contributed by atoms with Crippen LogP contribution in [0.4, 0.5) is 27.8 Å². The standard InChI is InChI=1S/C36H39N7O4/c37-33(44)31-17-18-32(43-19-7-12-29(24-43)39-35(45)27-10-5-2-6-11-27)40-34(31)38-28-13-15-30(16-14-28)41-20-22-42(23-21-41)36(46)47-25-26-8-3-1-4-9-26/h1-6,8-11,13-18,29H,7,12,19-25H2,(H2,37,44)(H,38,40)(H,39,45)/t29-/m1/s1. The number of hydrogen-bond donors (Lipinski definition) is 3. The summed E-state index contributed by atoms with van der Waals surface area (Å²) >= 11 is 0. The summed E-state index contributed by atoms with van der Waals surface area (Å²) in [7, 11) is 0. The van der Waals surface area contributed by atoms with E-state index in [1.54, 1.807) is 29.2 Å². The lowest BCUT2D eigenvalue weighted by molar-refractivity contribution is 0.0928. The molecule has 0 aliphatic carbocycles. The molecule has 47 heavy (non-hydrogen) atoms. The maximum Gasteiger partial charge on any atom is 0.410 e. The number of piperazine rings is 1. The fraction of sp³-hybridized carbons (Fsp3) is 0.278. The van der Waals surface area contributed by atoms with E-state index in [0.717, 1.165) is 36.3 Å². The van der Waals surface area contributed by atoms with Gasteiger partial charge in [-0.25, -0.2) is 9.78 Å². The van der Waals surface area contributed by atoms with E-state index in [1.165, 1.54) is 0 Å². The van der Waals surface area contributed by atoms with Gasteiger partial charge in [-0.15, -0.1) is 0 Å². The highest BCUT2D eigenvalue weighted by molar-refractivity contribution is 5.98. The number of benzene rings is 3. The average molecular weight is 634 g/mol. The van der Waals surface area contributed by atoms with Gasteiger partial charge in [0.15, 0.2) is 0 Å². The normalized spacial score (nSPS) is 16.3. The lowest BCUT2D eigenvalue weighted by Crippen LogP contribution is -2.48. The molecule has 2 aliphatic heterocycles. The van der Waals surface area contributed by atoms with Crippen molar-refractivity contribution in [3.8, 4) is 0 Å². The molecular weight excluding hydrogens is 594 g/mol. The van der Waals surface area contributed by atoms with Gasteiger partial charge in [-0.3, -0.25) is 9.59 Å². The number of hydrogen-bond acceptors (Lipinski definition) is 8. The van der Waals surface area contributed by atoms with Crippen LogP contribution in [0.5, 0.6) is 0 Å². The molecule has 0 bridgehead atoms. The van der Waals surface area contributed by atoms with Gasteiger partial charge in [-0.05, 0) is 66.9 Å². The number of carbonyl (C=O) groups excluding carboxylic acids is 3. The van der Waals surface area contributed by atoms with Crippen LogP contribution in [0, 0.1) is 0 Å². The Morgan fingerprint density at radius 3 is 2.21 bits per heavy atom. The van der Waals surface area contributed by atoms with Crippen LogP contribution < -0.4 is 26.2 Å². The van der Waals surface area contributed by atoms with Gasteiger partial charge in [0.05, 0.1) is 5.56 Å². The third-order valence-corrected chi connectivity index (χ3v) is 8.50. The van der Waals surface area contributed by atoms with E-state index in [2.05, 4.69) is 20.4 Å². The van der Waals surface area contributed by atoms with Crippen molar-refractivity contribution >= 4 is 40.9 Å². The zero-order chi connectivity index (χ0) is 32.6. The number of aromatic nitrogens is 1. The molecule has 11 heteroatoms. The van der Waals surface area contributed by atoms with Crippen molar-refractivity contribution in [3.63, 3.8) is 0 Å². The van der Waals surface area contributed by atoms with Gasteiger partial charge >= 0.3 is 6.09 Å². The molecule has 6 rings (SSSR count). The topological polar surface area (TPSA) is 133 Å². The minimum Gasteiger partial charge on any atom is -0.445 e. The second-order valence-corrected chi connectivity index (χ2v) is 11.7. The SMILES string of the molecule is NC(=O)c1ccc(N2CCC[C@@H](NC(=O)c3ccccc3)C2)nc1Nc1ccc(N2CCN(C(=O)OCc3ccccc3)CC2)cc1. The van der Waals surface area contributed by atoms with Crippen LogP contribution >= 0.6 is 0 Å². The van der Waals surface area contributed by atoms with Crippen LogP contribution in [0.2, 0.25) is 0 Å². The Morgan fingerprint density at radius 2 is 1.51 bits per heavy atom. The van der Waals surface area contributed by atoms with Gasteiger partial charge in [0.2, 0.25) is 0 Å². The third-order valence-electron chi connectivity index (χ3n) is 8.50. The van der Waals surface area contributed by atoms with E-state index in [0.29, 0.717) is 55.5 Å². The van der Waals surface area contributed by atoms with Gasteiger partial charge < -0.3 is 35.8 Å². The minimum atomic E-state index is -0.574. The fourth-order valence-electron chi connectivity index (χ4n) is 5.93. The maximum atomic E-state index is 12.7. The molecule has 0 unspecified atom stereocenters. The first kappa shape index (κ1) is 31.4. The molecule has 3 heterocycles. The van der Waals surface area contributed by atoms with E-state index in [4.69, 9.17) is 15.5 Å². The smallest absolute Gasteiger partial charge is 0.410 e. The quantitative estimate of drug-likeness (QED) is 0.240. The van der Waals surface area contributed by atoms with E-state index in [1.807, 2.05) is 72.8 Å². The summed E-state index contributed by atoms with van der Waals surface area (Å²) in [4.78, 5) is 48.5. The zero-order valence-corrected chi connectivity index (χ0v) is 26.2. The number of anilines is 4. The van der Waals surface area contributed by atoms with Crippen LogP contribution in [0.3, 0.4) is 0 Å². The van der Waals surface area contributed by atoms with Crippen LogP contribution in [0.15, 0.2) is 97.1 Å². The first-order valence-corrected chi connectivity index (χ1v) is 15.9. The first-order chi connectivity index (χ1) is 22.9. The highest BCUT2D eigenvalue weighted by Crippen LogP contribution is 2.27. The molecule has 0 spiro atoms. The minimum absolute atomic E-state index is 0.0279. The van der Waals surface area contributed by atoms with Crippen molar-refractivity contribution in [1.82, 2.24) is 15.2 Å². The van der Waals surface area contributed by atoms with Gasteiger partial charge in [0.1, 0.15) is 18.2 Å². The van der Waals surface area contributed by atoms with E-state index in [9.17, 15) is 14.4 Å². The molecule has 3 amide bonds. The number of piperidine rings is 1. The number of nitrogens with two attached hydrogens (primary N) is 1. The molecular formula is C36H39N7O4. The number of ether oxygens (including phenoxy) is 1. The van der Waals surface area contributed by atoms with Gasteiger partial charge in [0, 0.05) is 62.2 Å². The Hall–Kier alpha value is -5.58. The Balaban J connectivity index is 1.05. The number of carbonyl (C=O) groups is 3. The molecule has 2 fully saturated rings. The molecule has 2 aliphatic rings. The fourth-order valence-corrected chi connectivity index (χ4v) is 5.93. The van der Waals surface area contributed by atoms with E-state index in [-0.39, 0.29) is 24.6 Å². The van der Waals surface area contributed by atoms with Gasteiger partial charge in [-0.2, -0.15) is 0 Å². The molecule has 1 aromatic heterocycles. The molecule has 0 radical (unpaired) electrons. The highest BCUT2D eigenvalue weighted by Gasteiger charge is 2.25. The molecule has 4 N–H and O–H groups in total. The summed E-state index contributed by atoms with van der Waals surface area (Å²) in [5.41, 5.74) is 9.38. The highest BCUT2D eigenvalue weighted by atomic mass is 16.6. The van der Waals surface area contributed by atoms with Gasteiger partial charge in [0.25, 0.3) is 11.8 Å². The lowest BCUT2D eigenvalue weighted by Gasteiger charge is -2.35. The van der Waals surface area contributed by atoms with Crippen molar-refractivity contribution in [2.75, 3.05) is 54.4 Å². The molecule has 3 aromatic carbocycles. The zero-order valence-electron chi connectivity index (χ0n) is 26.2. The molecule has 0 saturated carbocycles. The number of pyridine rings is 1. The van der Waals surface area contributed by atoms with Gasteiger partial charge in [-0.1, -0.05) is 48.5 Å². The third kappa shape index (κ3) is 7.99. The van der Waals surface area contributed by atoms with Crippen LogP contribution in [0.1, 0.15) is 39.1 Å². The average Bonchev–Trinajstić information content (AvgIpc) is 3.12. The van der Waals surface area contributed by atoms with Crippen LogP contribution in [-0.4, -0.2) is 73.1 Å². The van der Waals surface area contributed by atoms with Crippen molar-refractivity contribution in [3.05, 3.63) is 114 Å². The molecule has 1 atom stereocenters.